The molecular weight excluding hydrogens is 429 g/mol. The van der Waals surface area contributed by atoms with E-state index in [1.54, 1.807) is 6.92 Å². The third kappa shape index (κ3) is 7.86. The van der Waals surface area contributed by atoms with Crippen molar-refractivity contribution in [3.8, 4) is 5.75 Å². The number of sulfonamides is 1. The van der Waals surface area contributed by atoms with Crippen LogP contribution in [-0.2, 0) is 14.8 Å². The molecule has 1 aromatic heterocycles. The number of unbranched alkanes of at least 4 members (excludes halogenated alkanes) is 2. The monoisotopic (exact) mass is 454 g/mol. The molecule has 0 spiro atoms. The molecular formula is C17H25F3N4O5S. The molecule has 0 aliphatic carbocycles. The van der Waals surface area contributed by atoms with E-state index in [9.17, 15) is 31.2 Å². The Kier molecular flexibility index (Phi) is 8.12. The van der Waals surface area contributed by atoms with Gasteiger partial charge < -0.3 is 14.6 Å². The second-order valence-electron chi connectivity index (χ2n) is 6.93. The van der Waals surface area contributed by atoms with Crippen LogP contribution in [0.1, 0.15) is 44.3 Å². The first-order valence-electron chi connectivity index (χ1n) is 9.45. The van der Waals surface area contributed by atoms with E-state index >= 15 is 0 Å². The number of rotatable bonds is 12. The van der Waals surface area contributed by atoms with Crippen LogP contribution in [0.25, 0.3) is 0 Å². The van der Waals surface area contributed by atoms with E-state index in [4.69, 9.17) is 0 Å². The number of nitrogens with zero attached hydrogens (tertiary/aromatic N) is 1. The van der Waals surface area contributed by atoms with E-state index in [1.165, 1.54) is 17.2 Å². The van der Waals surface area contributed by atoms with E-state index in [0.29, 0.717) is 37.9 Å². The summed E-state index contributed by atoms with van der Waals surface area (Å²) in [6, 6.07) is 0.271. The van der Waals surface area contributed by atoms with Crippen molar-refractivity contribution in [2.24, 2.45) is 0 Å². The van der Waals surface area contributed by atoms with Crippen LogP contribution < -0.4 is 14.8 Å². The topological polar surface area (TPSA) is 121 Å². The average Bonchev–Trinajstić information content (AvgIpc) is 3.23. The first kappa shape index (κ1) is 24.0. The minimum absolute atomic E-state index is 0.0156. The fourth-order valence-electron chi connectivity index (χ4n) is 2.92. The SMILES string of the molecule is CCC(NS(=O)(=O)CCCCCN1CC(=O)NC1=O)c1cc(OCC(F)(F)F)c[nH]1. The molecule has 1 fully saturated rings. The van der Waals surface area contributed by atoms with Gasteiger partial charge in [-0.1, -0.05) is 13.3 Å². The number of urea groups is 1. The Labute approximate surface area is 172 Å². The molecule has 1 saturated heterocycles. The maximum Gasteiger partial charge on any atom is 0.422 e. The molecule has 1 atom stereocenters. The molecule has 30 heavy (non-hydrogen) atoms. The predicted molar refractivity (Wildman–Crippen MR) is 101 cm³/mol. The van der Waals surface area contributed by atoms with Gasteiger partial charge in [0.05, 0.1) is 11.8 Å². The zero-order valence-electron chi connectivity index (χ0n) is 16.4. The summed E-state index contributed by atoms with van der Waals surface area (Å²) in [7, 11) is -3.62. The summed E-state index contributed by atoms with van der Waals surface area (Å²) in [5.41, 5.74) is 0.406. The Hall–Kier alpha value is -2.28. The number of halogens is 3. The van der Waals surface area contributed by atoms with Gasteiger partial charge in [0.1, 0.15) is 12.3 Å². The number of hydrogen-bond donors (Lipinski definition) is 3. The van der Waals surface area contributed by atoms with E-state index in [-0.39, 0.29) is 24.0 Å². The van der Waals surface area contributed by atoms with Crippen LogP contribution >= 0.6 is 0 Å². The van der Waals surface area contributed by atoms with Gasteiger partial charge in [-0.2, -0.15) is 13.2 Å². The second kappa shape index (κ2) is 10.2. The van der Waals surface area contributed by atoms with Crippen molar-refractivity contribution in [3.63, 3.8) is 0 Å². The summed E-state index contributed by atoms with van der Waals surface area (Å²) in [4.78, 5) is 26.6. The lowest BCUT2D eigenvalue weighted by molar-refractivity contribution is -0.153. The number of carbonyl (C=O) groups excluding carboxylic acids is 2. The fourth-order valence-corrected chi connectivity index (χ4v) is 4.35. The summed E-state index contributed by atoms with van der Waals surface area (Å²) >= 11 is 0. The minimum atomic E-state index is -4.46. The lowest BCUT2D eigenvalue weighted by Crippen LogP contribution is -2.31. The number of imide groups is 1. The maximum atomic E-state index is 12.3. The molecule has 0 radical (unpaired) electrons. The van der Waals surface area contributed by atoms with Gasteiger partial charge in [-0.05, 0) is 19.3 Å². The van der Waals surface area contributed by atoms with Crippen LogP contribution in [0.5, 0.6) is 5.75 Å². The van der Waals surface area contributed by atoms with Crippen LogP contribution in [0.2, 0.25) is 0 Å². The number of carbonyl (C=O) groups is 2. The number of alkyl halides is 3. The first-order chi connectivity index (χ1) is 14.0. The summed E-state index contributed by atoms with van der Waals surface area (Å²) in [5, 5.41) is 2.17. The molecule has 9 nitrogen and oxygen atoms in total. The lowest BCUT2D eigenvalue weighted by atomic mass is 10.2. The van der Waals surface area contributed by atoms with Crippen molar-refractivity contribution < 1.29 is 35.9 Å². The molecule has 1 aromatic rings. The van der Waals surface area contributed by atoms with Gasteiger partial charge >= 0.3 is 12.2 Å². The molecule has 1 aliphatic heterocycles. The van der Waals surface area contributed by atoms with Crippen molar-refractivity contribution >= 4 is 22.0 Å². The van der Waals surface area contributed by atoms with Crippen molar-refractivity contribution in [1.82, 2.24) is 19.9 Å². The van der Waals surface area contributed by atoms with Gasteiger partial charge in [0, 0.05) is 24.5 Å². The van der Waals surface area contributed by atoms with Crippen molar-refractivity contribution in [2.45, 2.75) is 44.8 Å². The normalized spacial score (nSPS) is 16.1. The summed E-state index contributed by atoms with van der Waals surface area (Å²) < 4.78 is 68.5. The molecule has 170 valence electrons. The van der Waals surface area contributed by atoms with Crippen molar-refractivity contribution in [3.05, 3.63) is 18.0 Å². The first-order valence-corrected chi connectivity index (χ1v) is 11.1. The predicted octanol–water partition coefficient (Wildman–Crippen LogP) is 2.05. The van der Waals surface area contributed by atoms with Gasteiger partial charge in [0.25, 0.3) is 0 Å². The summed E-state index contributed by atoms with van der Waals surface area (Å²) in [5.74, 6) is -0.509. The molecule has 0 aromatic carbocycles. The number of nitrogens with one attached hydrogen (secondary N) is 3. The second-order valence-corrected chi connectivity index (χ2v) is 8.80. The third-order valence-electron chi connectivity index (χ3n) is 4.40. The maximum absolute atomic E-state index is 12.3. The number of hydrogen-bond acceptors (Lipinski definition) is 5. The lowest BCUT2D eigenvalue weighted by Gasteiger charge is -2.16. The van der Waals surface area contributed by atoms with Crippen molar-refractivity contribution in [2.75, 3.05) is 25.4 Å². The number of H-pyrrole nitrogens is 1. The van der Waals surface area contributed by atoms with E-state index in [2.05, 4.69) is 19.8 Å². The largest absolute Gasteiger partial charge is 0.483 e. The van der Waals surface area contributed by atoms with E-state index < -0.39 is 34.9 Å². The Morgan fingerprint density at radius 2 is 2.00 bits per heavy atom. The fraction of sp³-hybridized carbons (Fsp3) is 0.647. The Bertz CT molecular complexity index is 841. The van der Waals surface area contributed by atoms with E-state index in [1.807, 2.05) is 0 Å². The van der Waals surface area contributed by atoms with Crippen molar-refractivity contribution in [1.29, 1.82) is 0 Å². The summed E-state index contributed by atoms with van der Waals surface area (Å²) in [6.45, 7) is 0.695. The highest BCUT2D eigenvalue weighted by Crippen LogP contribution is 2.24. The smallest absolute Gasteiger partial charge is 0.422 e. The molecule has 3 amide bonds. The Morgan fingerprint density at radius 1 is 1.27 bits per heavy atom. The molecule has 2 rings (SSSR count). The van der Waals surface area contributed by atoms with Crippen LogP contribution in [0.4, 0.5) is 18.0 Å². The zero-order valence-corrected chi connectivity index (χ0v) is 17.2. The van der Waals surface area contributed by atoms with Crippen LogP contribution in [0, 0.1) is 0 Å². The van der Waals surface area contributed by atoms with Gasteiger partial charge in [0.2, 0.25) is 15.9 Å². The summed E-state index contributed by atoms with van der Waals surface area (Å²) in [6.07, 6.45) is -1.36. The molecule has 0 bridgehead atoms. The average molecular weight is 454 g/mol. The number of aromatic amines is 1. The van der Waals surface area contributed by atoms with Crippen LogP contribution in [-0.4, -0.2) is 61.9 Å². The van der Waals surface area contributed by atoms with E-state index in [0.717, 1.165) is 0 Å². The standard InChI is InChI=1S/C17H25F3N4O5S/c1-2-13(14-8-12(9-21-14)29-11-17(18,19)20)23-30(27,28)7-5-3-4-6-24-10-15(25)22-16(24)26/h8-9,13,21,23H,2-7,10-11H2,1H3,(H,22,25,26). The third-order valence-corrected chi connectivity index (χ3v) is 5.87. The highest BCUT2D eigenvalue weighted by molar-refractivity contribution is 7.89. The van der Waals surface area contributed by atoms with Crippen LogP contribution in [0.3, 0.4) is 0 Å². The Morgan fingerprint density at radius 3 is 2.60 bits per heavy atom. The molecule has 0 saturated carbocycles. The molecule has 1 unspecified atom stereocenters. The molecule has 2 heterocycles. The van der Waals surface area contributed by atoms with Gasteiger partial charge in [-0.15, -0.1) is 0 Å². The van der Waals surface area contributed by atoms with Crippen LogP contribution in [0.15, 0.2) is 12.3 Å². The van der Waals surface area contributed by atoms with Gasteiger partial charge in [-0.25, -0.2) is 17.9 Å². The Balaban J connectivity index is 1.76. The van der Waals surface area contributed by atoms with Gasteiger partial charge in [-0.3, -0.25) is 10.1 Å². The number of ether oxygens (including phenoxy) is 1. The number of amides is 3. The quantitative estimate of drug-likeness (QED) is 0.330. The zero-order chi connectivity index (χ0) is 22.4. The molecule has 3 N–H and O–H groups in total. The highest BCUT2D eigenvalue weighted by Gasteiger charge is 2.29. The number of aromatic nitrogens is 1. The molecule has 1 aliphatic rings. The highest BCUT2D eigenvalue weighted by atomic mass is 32.2. The molecule has 13 heteroatoms. The minimum Gasteiger partial charge on any atom is -0.483 e. The van der Waals surface area contributed by atoms with Gasteiger partial charge in [0.15, 0.2) is 6.61 Å².